The summed E-state index contributed by atoms with van der Waals surface area (Å²) in [7, 11) is -9.80. The van der Waals surface area contributed by atoms with Crippen LogP contribution in [0, 0.1) is 5.92 Å². The first-order valence-electron chi connectivity index (χ1n) is 12.5. The van der Waals surface area contributed by atoms with Crippen molar-refractivity contribution >= 4 is 67.4 Å². The van der Waals surface area contributed by atoms with Gasteiger partial charge in [0.2, 0.25) is 10.0 Å². The van der Waals surface area contributed by atoms with E-state index in [4.69, 9.17) is 19.7 Å². The van der Waals surface area contributed by atoms with Crippen molar-refractivity contribution in [1.29, 1.82) is 0 Å². The van der Waals surface area contributed by atoms with Gasteiger partial charge in [0, 0.05) is 25.2 Å². The van der Waals surface area contributed by atoms with Gasteiger partial charge in [-0.1, -0.05) is 44.2 Å². The first kappa shape index (κ1) is 34.9. The van der Waals surface area contributed by atoms with Gasteiger partial charge in [0.1, 0.15) is 6.10 Å². The number of phosphoric acid groups is 1. The molecule has 0 spiro atoms. The van der Waals surface area contributed by atoms with E-state index in [1.807, 2.05) is 0 Å². The minimum atomic E-state index is -5.62. The number of rotatable bonds is 13. The molecule has 3 N–H and O–H groups in total. The number of anilines is 1. The number of carbonyl (C=O) groups is 1. The molecule has 0 saturated carbocycles. The van der Waals surface area contributed by atoms with Crippen molar-refractivity contribution in [3.05, 3.63) is 60.2 Å². The Morgan fingerprint density at radius 3 is 2.35 bits per heavy atom. The number of nitrogen functional groups attached to an aromatic ring is 1. The quantitative estimate of drug-likeness (QED) is 0.184. The van der Waals surface area contributed by atoms with Crippen LogP contribution in [0.25, 0.3) is 0 Å². The van der Waals surface area contributed by atoms with Crippen molar-refractivity contribution in [2.75, 3.05) is 32.0 Å². The Hall–Kier alpha value is -1.25. The summed E-state index contributed by atoms with van der Waals surface area (Å²) in [6, 6.07) is 13.1. The number of sulfonamides is 1. The van der Waals surface area contributed by atoms with Gasteiger partial charge in [-0.25, -0.2) is 13.2 Å². The molecule has 1 amide bonds. The van der Waals surface area contributed by atoms with Crippen molar-refractivity contribution in [3.8, 4) is 0 Å². The van der Waals surface area contributed by atoms with Crippen LogP contribution < -0.4 is 20.8 Å². The van der Waals surface area contributed by atoms with Crippen molar-refractivity contribution in [2.45, 2.75) is 49.8 Å². The maximum absolute atomic E-state index is 13.6. The third kappa shape index (κ3) is 11.2. The predicted molar refractivity (Wildman–Crippen MR) is 145 cm³/mol. The van der Waals surface area contributed by atoms with Crippen molar-refractivity contribution in [2.24, 2.45) is 5.92 Å². The Labute approximate surface area is 264 Å². The normalized spacial score (nSPS) is 17.3. The second-order valence-electron chi connectivity index (χ2n) is 9.71. The first-order chi connectivity index (χ1) is 18.3. The number of phosphoric ester groups is 1. The van der Waals surface area contributed by atoms with Crippen molar-refractivity contribution in [3.63, 3.8) is 0 Å². The van der Waals surface area contributed by atoms with E-state index >= 15 is 0 Å². The third-order valence-corrected chi connectivity index (χ3v) is 8.32. The molecule has 1 fully saturated rings. The van der Waals surface area contributed by atoms with Crippen LogP contribution in [-0.2, 0) is 35.0 Å². The molecular weight excluding hydrogens is 589 g/mol. The average Bonchev–Trinajstić information content (AvgIpc) is 3.35. The van der Waals surface area contributed by atoms with Gasteiger partial charge in [-0.05, 0) is 42.2 Å². The number of nitrogens with one attached hydrogen (secondary N) is 1. The number of alkyl carbamates (subject to hydrolysis) is 1. The number of hydrogen-bond donors (Lipinski definition) is 2. The molecule has 216 valence electrons. The molecule has 0 radical (unpaired) electrons. The molecule has 1 aliphatic rings. The number of nitrogens with two attached hydrogens (primary N) is 1. The zero-order valence-electron chi connectivity index (χ0n) is 22.5. The molecular formula is C25H34CaN3O9PS. The molecule has 3 unspecified atom stereocenters. The molecule has 2 aromatic carbocycles. The van der Waals surface area contributed by atoms with Gasteiger partial charge in [0.05, 0.1) is 38.1 Å². The zero-order chi connectivity index (χ0) is 28.6. The molecule has 1 heterocycles. The van der Waals surface area contributed by atoms with Crippen LogP contribution in [0.4, 0.5) is 10.5 Å². The Kier molecular flexibility index (Phi) is 13.8. The Morgan fingerprint density at radius 2 is 1.80 bits per heavy atom. The fourth-order valence-electron chi connectivity index (χ4n) is 4.15. The van der Waals surface area contributed by atoms with E-state index < -0.39 is 48.7 Å². The smallest absolute Gasteiger partial charge is 0.790 e. The molecule has 1 saturated heterocycles. The minimum Gasteiger partial charge on any atom is -0.790 e. The summed E-state index contributed by atoms with van der Waals surface area (Å²) in [4.78, 5) is 36.4. The van der Waals surface area contributed by atoms with Crippen LogP contribution in [0.1, 0.15) is 25.8 Å². The standard InChI is InChI=1S/C25H36N3O9PS.Ca/c1-18(2)15-28(39(33,34)22-10-8-20(26)9-11-22)16-24(37-38(30,31)32)23(14-19-6-4-3-5-7-19)27-25(29)36-21-12-13-35-17-21;/h3-11,18,21,23-24H,12-17,26H2,1-2H3,(H,27,29)(H2,30,31,32);/q;+2/p-2. The second kappa shape index (κ2) is 15.8. The van der Waals surface area contributed by atoms with Crippen LogP contribution >= 0.6 is 7.82 Å². The summed E-state index contributed by atoms with van der Waals surface area (Å²) in [5.74, 6) is -0.173. The summed E-state index contributed by atoms with van der Waals surface area (Å²) in [6.45, 7) is 3.66. The van der Waals surface area contributed by atoms with Gasteiger partial charge >= 0.3 is 43.8 Å². The molecule has 0 bridgehead atoms. The molecule has 15 heteroatoms. The molecule has 0 aromatic heterocycles. The van der Waals surface area contributed by atoms with E-state index in [9.17, 15) is 27.6 Å². The molecule has 0 aliphatic carbocycles. The fraction of sp³-hybridized carbons (Fsp3) is 0.480. The van der Waals surface area contributed by atoms with Gasteiger partial charge < -0.3 is 39.4 Å². The van der Waals surface area contributed by atoms with Gasteiger partial charge in [-0.3, -0.25) is 0 Å². The molecule has 3 rings (SSSR count). The van der Waals surface area contributed by atoms with Crippen molar-refractivity contribution in [1.82, 2.24) is 9.62 Å². The van der Waals surface area contributed by atoms with Gasteiger partial charge in [-0.2, -0.15) is 4.31 Å². The van der Waals surface area contributed by atoms with E-state index in [2.05, 4.69) is 5.32 Å². The van der Waals surface area contributed by atoms with Crippen LogP contribution in [0.3, 0.4) is 0 Å². The summed E-state index contributed by atoms with van der Waals surface area (Å²) in [5, 5.41) is 2.59. The summed E-state index contributed by atoms with van der Waals surface area (Å²) < 4.78 is 55.6. The maximum Gasteiger partial charge on any atom is 2.00 e. The summed E-state index contributed by atoms with van der Waals surface area (Å²) >= 11 is 0. The summed E-state index contributed by atoms with van der Waals surface area (Å²) in [5.41, 5.74) is 6.75. The minimum absolute atomic E-state index is 0. The fourth-order valence-corrected chi connectivity index (χ4v) is 6.31. The molecule has 2 aromatic rings. The van der Waals surface area contributed by atoms with E-state index in [1.165, 1.54) is 24.3 Å². The van der Waals surface area contributed by atoms with E-state index in [0.717, 1.165) is 4.31 Å². The number of ether oxygens (including phenoxy) is 2. The van der Waals surface area contributed by atoms with Gasteiger partial charge in [-0.15, -0.1) is 0 Å². The molecule has 12 nitrogen and oxygen atoms in total. The Morgan fingerprint density at radius 1 is 1.15 bits per heavy atom. The number of hydrogen-bond acceptors (Lipinski definition) is 10. The second-order valence-corrected chi connectivity index (χ2v) is 12.8. The van der Waals surface area contributed by atoms with Gasteiger partial charge in [0.15, 0.2) is 0 Å². The maximum atomic E-state index is 13.6. The zero-order valence-corrected chi connectivity index (χ0v) is 26.4. The van der Waals surface area contributed by atoms with Crippen LogP contribution in [0.5, 0.6) is 0 Å². The van der Waals surface area contributed by atoms with Crippen LogP contribution in [0.2, 0.25) is 0 Å². The Bertz CT molecular complexity index is 1220. The monoisotopic (exact) mass is 623 g/mol. The topological polar surface area (TPSA) is 183 Å². The average molecular weight is 624 g/mol. The summed E-state index contributed by atoms with van der Waals surface area (Å²) in [6.07, 6.45) is -2.41. The van der Waals surface area contributed by atoms with Crippen LogP contribution in [0.15, 0.2) is 59.5 Å². The number of nitrogens with zero attached hydrogens (tertiary/aromatic N) is 1. The predicted octanol–water partition coefficient (Wildman–Crippen LogP) is 0.875. The number of benzene rings is 2. The Balaban J connectivity index is 0.00000560. The van der Waals surface area contributed by atoms with E-state index in [0.29, 0.717) is 24.3 Å². The SMILES string of the molecule is CC(C)CN(CC(OP(=O)([O-])[O-])C(Cc1ccccc1)NC(=O)OC1CCOC1)S(=O)(=O)c1ccc(N)cc1.[Ca+2]. The molecule has 3 atom stereocenters. The first-order valence-corrected chi connectivity index (χ1v) is 15.4. The largest absolute Gasteiger partial charge is 2.00 e. The van der Waals surface area contributed by atoms with E-state index in [1.54, 1.807) is 44.2 Å². The molecule has 1 aliphatic heterocycles. The van der Waals surface area contributed by atoms with Crippen LogP contribution in [-0.4, -0.2) is 101 Å². The number of carbonyl (C=O) groups excluding carboxylic acids is 1. The molecule has 40 heavy (non-hydrogen) atoms. The van der Waals surface area contributed by atoms with Gasteiger partial charge in [0.25, 0.3) is 0 Å². The van der Waals surface area contributed by atoms with E-state index in [-0.39, 0.29) is 68.1 Å². The third-order valence-electron chi connectivity index (χ3n) is 5.95. The number of amides is 1. The van der Waals surface area contributed by atoms with Crippen molar-refractivity contribution < 1.29 is 41.6 Å².